The van der Waals surface area contributed by atoms with Crippen molar-refractivity contribution in [3.05, 3.63) is 0 Å². The normalized spacial score (nSPS) is 19.2. The van der Waals surface area contributed by atoms with E-state index in [2.05, 4.69) is 31.0 Å². The predicted molar refractivity (Wildman–Crippen MR) is 87.0 cm³/mol. The quantitative estimate of drug-likeness (QED) is 0.639. The molecule has 1 rings (SSSR count). The third-order valence-electron chi connectivity index (χ3n) is 4.36. The molecule has 3 heteroatoms. The summed E-state index contributed by atoms with van der Waals surface area (Å²) in [5.41, 5.74) is 0.399. The summed E-state index contributed by atoms with van der Waals surface area (Å²) in [6, 6.07) is 0. The van der Waals surface area contributed by atoms with Crippen LogP contribution in [0.2, 0.25) is 0 Å². The van der Waals surface area contributed by atoms with Gasteiger partial charge in [0, 0.05) is 32.8 Å². The van der Waals surface area contributed by atoms with Gasteiger partial charge in [0.05, 0.1) is 0 Å². The van der Waals surface area contributed by atoms with Crippen LogP contribution in [0.5, 0.6) is 0 Å². The minimum absolute atomic E-state index is 0.369. The smallest absolute Gasteiger partial charge is 0.0459 e. The molecule has 0 aromatic heterocycles. The van der Waals surface area contributed by atoms with E-state index in [1.807, 2.05) is 0 Å². The molecule has 3 nitrogen and oxygen atoms in total. The van der Waals surface area contributed by atoms with Gasteiger partial charge in [-0.2, -0.15) is 0 Å². The topological polar surface area (TPSA) is 35.5 Å². The van der Waals surface area contributed by atoms with Gasteiger partial charge >= 0.3 is 0 Å². The molecule has 1 heterocycles. The van der Waals surface area contributed by atoms with Crippen LogP contribution < -0.4 is 5.32 Å². The van der Waals surface area contributed by atoms with E-state index >= 15 is 0 Å². The van der Waals surface area contributed by atoms with Crippen molar-refractivity contribution in [3.63, 3.8) is 0 Å². The second-order valence-electron chi connectivity index (χ2n) is 7.59. The maximum atomic E-state index is 9.47. The molecule has 120 valence electrons. The van der Waals surface area contributed by atoms with Gasteiger partial charge < -0.3 is 15.3 Å². The molecule has 1 aliphatic heterocycles. The highest BCUT2D eigenvalue weighted by Gasteiger charge is 2.15. The van der Waals surface area contributed by atoms with E-state index in [-0.39, 0.29) is 0 Å². The van der Waals surface area contributed by atoms with Gasteiger partial charge in [-0.1, -0.05) is 33.6 Å². The van der Waals surface area contributed by atoms with Crippen LogP contribution in [0, 0.1) is 11.3 Å². The number of aliphatic hydroxyl groups is 1. The molecule has 1 fully saturated rings. The summed E-state index contributed by atoms with van der Waals surface area (Å²) in [5, 5.41) is 12.9. The van der Waals surface area contributed by atoms with Crippen LogP contribution in [0.4, 0.5) is 0 Å². The number of piperazine rings is 1. The Balaban J connectivity index is 2.00. The average Bonchev–Trinajstić information content (AvgIpc) is 2.42. The highest BCUT2D eigenvalue weighted by atomic mass is 16.3. The lowest BCUT2D eigenvalue weighted by molar-refractivity contribution is 0.188. The van der Waals surface area contributed by atoms with Gasteiger partial charge in [-0.25, -0.2) is 0 Å². The second kappa shape index (κ2) is 9.75. The van der Waals surface area contributed by atoms with Crippen molar-refractivity contribution in [2.24, 2.45) is 11.3 Å². The van der Waals surface area contributed by atoms with Crippen molar-refractivity contribution >= 4 is 0 Å². The van der Waals surface area contributed by atoms with Crippen LogP contribution in [0.1, 0.15) is 59.3 Å². The maximum Gasteiger partial charge on any atom is 0.0459 e. The first-order chi connectivity index (χ1) is 9.51. The third kappa shape index (κ3) is 8.93. The van der Waals surface area contributed by atoms with Crippen LogP contribution in [-0.2, 0) is 0 Å². The first-order valence-electron chi connectivity index (χ1n) is 8.55. The predicted octanol–water partition coefficient (Wildman–Crippen LogP) is 2.89. The van der Waals surface area contributed by atoms with Crippen LogP contribution >= 0.6 is 0 Å². The Morgan fingerprint density at radius 1 is 1.05 bits per heavy atom. The first-order valence-corrected chi connectivity index (χ1v) is 8.55. The Morgan fingerprint density at radius 3 is 2.35 bits per heavy atom. The fraction of sp³-hybridized carbons (Fsp3) is 1.00. The summed E-state index contributed by atoms with van der Waals surface area (Å²) >= 11 is 0. The van der Waals surface area contributed by atoms with Crippen molar-refractivity contribution in [3.8, 4) is 0 Å². The SMILES string of the molecule is CC(C)(C)CC[C@@H](CO)CCCCCN1CCNCC1. The van der Waals surface area contributed by atoms with Crippen LogP contribution in [0.15, 0.2) is 0 Å². The molecule has 20 heavy (non-hydrogen) atoms. The lowest BCUT2D eigenvalue weighted by atomic mass is 9.85. The molecule has 0 saturated carbocycles. The van der Waals surface area contributed by atoms with Gasteiger partial charge in [0.15, 0.2) is 0 Å². The lowest BCUT2D eigenvalue weighted by Crippen LogP contribution is -2.43. The third-order valence-corrected chi connectivity index (χ3v) is 4.36. The largest absolute Gasteiger partial charge is 0.396 e. The van der Waals surface area contributed by atoms with Gasteiger partial charge in [-0.3, -0.25) is 0 Å². The van der Waals surface area contributed by atoms with Crippen molar-refractivity contribution in [2.45, 2.75) is 59.3 Å². The fourth-order valence-corrected chi connectivity index (χ4v) is 2.84. The van der Waals surface area contributed by atoms with E-state index in [1.54, 1.807) is 0 Å². The summed E-state index contributed by atoms with van der Waals surface area (Å²) in [6.07, 6.45) is 7.51. The molecule has 0 amide bonds. The molecule has 0 unspecified atom stereocenters. The maximum absolute atomic E-state index is 9.47. The van der Waals surface area contributed by atoms with Crippen LogP contribution in [0.3, 0.4) is 0 Å². The van der Waals surface area contributed by atoms with Crippen molar-refractivity contribution in [1.29, 1.82) is 0 Å². The fourth-order valence-electron chi connectivity index (χ4n) is 2.84. The second-order valence-corrected chi connectivity index (χ2v) is 7.59. The van der Waals surface area contributed by atoms with Gasteiger partial charge in [0.25, 0.3) is 0 Å². The van der Waals surface area contributed by atoms with Gasteiger partial charge in [0.1, 0.15) is 0 Å². The number of rotatable bonds is 9. The van der Waals surface area contributed by atoms with Crippen LogP contribution in [0.25, 0.3) is 0 Å². The molecular formula is C17H36N2O. The number of hydrogen-bond donors (Lipinski definition) is 2. The lowest BCUT2D eigenvalue weighted by Gasteiger charge is -2.27. The minimum atomic E-state index is 0.369. The minimum Gasteiger partial charge on any atom is -0.396 e. The van der Waals surface area contributed by atoms with Gasteiger partial charge in [0.2, 0.25) is 0 Å². The number of nitrogens with zero attached hydrogens (tertiary/aromatic N) is 1. The molecule has 0 aliphatic carbocycles. The number of aliphatic hydroxyl groups excluding tert-OH is 1. The Hall–Kier alpha value is -0.120. The molecule has 1 atom stereocenters. The van der Waals surface area contributed by atoms with E-state index in [9.17, 15) is 5.11 Å². The van der Waals surface area contributed by atoms with Crippen molar-refractivity contribution in [2.75, 3.05) is 39.3 Å². The van der Waals surface area contributed by atoms with E-state index in [4.69, 9.17) is 0 Å². The Bertz CT molecular complexity index is 232. The van der Waals surface area contributed by atoms with Crippen molar-refractivity contribution < 1.29 is 5.11 Å². The zero-order valence-electron chi connectivity index (χ0n) is 14.0. The Kier molecular flexibility index (Phi) is 8.74. The number of hydrogen-bond acceptors (Lipinski definition) is 3. The molecule has 0 aromatic carbocycles. The molecular weight excluding hydrogens is 248 g/mol. The number of nitrogens with one attached hydrogen (secondary N) is 1. The molecule has 1 aliphatic rings. The molecule has 0 radical (unpaired) electrons. The Labute approximate surface area is 126 Å². The standard InChI is InChI=1S/C17H36N2O/c1-17(2,3)9-8-16(15-20)7-5-4-6-12-19-13-10-18-11-14-19/h16,18,20H,4-15H2,1-3H3/t16-/m0/s1. The first kappa shape index (κ1) is 17.9. The zero-order chi connectivity index (χ0) is 14.8. The van der Waals surface area contributed by atoms with E-state index < -0.39 is 0 Å². The van der Waals surface area contributed by atoms with E-state index in [1.165, 1.54) is 58.2 Å². The summed E-state index contributed by atoms with van der Waals surface area (Å²) in [4.78, 5) is 2.57. The highest BCUT2D eigenvalue weighted by molar-refractivity contribution is 4.68. The molecule has 0 bridgehead atoms. The molecule has 0 spiro atoms. The van der Waals surface area contributed by atoms with E-state index in [0.717, 1.165) is 13.1 Å². The van der Waals surface area contributed by atoms with E-state index in [0.29, 0.717) is 17.9 Å². The summed E-state index contributed by atoms with van der Waals surface area (Å²) < 4.78 is 0. The monoisotopic (exact) mass is 284 g/mol. The molecule has 1 saturated heterocycles. The molecule has 0 aromatic rings. The molecule has 2 N–H and O–H groups in total. The summed E-state index contributed by atoms with van der Waals surface area (Å²) in [5.74, 6) is 0.522. The zero-order valence-corrected chi connectivity index (χ0v) is 14.0. The number of unbranched alkanes of at least 4 members (excludes halogenated alkanes) is 2. The highest BCUT2D eigenvalue weighted by Crippen LogP contribution is 2.25. The van der Waals surface area contributed by atoms with Gasteiger partial charge in [-0.15, -0.1) is 0 Å². The van der Waals surface area contributed by atoms with Crippen LogP contribution in [-0.4, -0.2) is 49.3 Å². The average molecular weight is 284 g/mol. The Morgan fingerprint density at radius 2 is 1.75 bits per heavy atom. The summed E-state index contributed by atoms with van der Waals surface area (Å²) in [6.45, 7) is 13.2. The summed E-state index contributed by atoms with van der Waals surface area (Å²) in [7, 11) is 0. The van der Waals surface area contributed by atoms with Gasteiger partial charge in [-0.05, 0) is 43.6 Å². The van der Waals surface area contributed by atoms with Crippen molar-refractivity contribution in [1.82, 2.24) is 10.2 Å².